The molecule has 0 saturated carbocycles. The van der Waals surface area contributed by atoms with E-state index >= 15 is 0 Å². The zero-order valence-corrected chi connectivity index (χ0v) is 16.5. The highest BCUT2D eigenvalue weighted by atomic mass is 16.7. The number of fused-ring (bicyclic) bond motifs is 1. The predicted octanol–water partition coefficient (Wildman–Crippen LogP) is 5.12. The molecule has 0 radical (unpaired) electrons. The van der Waals surface area contributed by atoms with Gasteiger partial charge in [0.15, 0.2) is 0 Å². The van der Waals surface area contributed by atoms with Crippen LogP contribution in [0.4, 0.5) is 0 Å². The summed E-state index contributed by atoms with van der Waals surface area (Å²) in [6, 6.07) is 22.3. The number of aryl methyl sites for hydroxylation is 1. The number of carbonyl (C=O) groups is 1. The third-order valence-corrected chi connectivity index (χ3v) is 5.59. The first-order valence-electron chi connectivity index (χ1n) is 10.3. The van der Waals surface area contributed by atoms with Gasteiger partial charge in [0.05, 0.1) is 0 Å². The third-order valence-electron chi connectivity index (χ3n) is 5.59. The van der Waals surface area contributed by atoms with Crippen LogP contribution in [0.5, 0.6) is 0 Å². The van der Waals surface area contributed by atoms with Gasteiger partial charge in [0.2, 0.25) is 5.91 Å². The van der Waals surface area contributed by atoms with Gasteiger partial charge in [0, 0.05) is 24.4 Å². The van der Waals surface area contributed by atoms with Crippen LogP contribution in [-0.2, 0) is 16.1 Å². The van der Waals surface area contributed by atoms with E-state index in [4.69, 9.17) is 4.84 Å². The zero-order chi connectivity index (χ0) is 19.9. The van der Waals surface area contributed by atoms with E-state index in [1.807, 2.05) is 42.5 Å². The molecule has 0 spiro atoms. The standard InChI is InChI=1S/C25H26N2O2/c28-24(16-15-20-12-6-11-19-8-4-5-14-23(19)20)27-29-25(21-9-2-1-3-10-21)22-13-7-17-26-18-22/h1-5,7-10,13-14,17-18,20,25H,6,11-12,15-16H2,(H,27,28). The van der Waals surface area contributed by atoms with Gasteiger partial charge in [0.25, 0.3) is 0 Å². The van der Waals surface area contributed by atoms with Gasteiger partial charge >= 0.3 is 0 Å². The minimum Gasteiger partial charge on any atom is -0.273 e. The number of hydrogen-bond acceptors (Lipinski definition) is 3. The first-order chi connectivity index (χ1) is 14.3. The van der Waals surface area contributed by atoms with Crippen LogP contribution in [0, 0.1) is 0 Å². The number of hydroxylamine groups is 1. The Morgan fingerprint density at radius 1 is 1.03 bits per heavy atom. The van der Waals surface area contributed by atoms with Crippen LogP contribution in [0.3, 0.4) is 0 Å². The van der Waals surface area contributed by atoms with Crippen LogP contribution < -0.4 is 5.48 Å². The normalized spacial score (nSPS) is 16.6. The van der Waals surface area contributed by atoms with Crippen molar-refractivity contribution in [1.82, 2.24) is 10.5 Å². The fourth-order valence-corrected chi connectivity index (χ4v) is 4.12. The molecule has 0 aliphatic heterocycles. The van der Waals surface area contributed by atoms with Gasteiger partial charge in [-0.25, -0.2) is 5.48 Å². The number of hydrogen-bond donors (Lipinski definition) is 1. The van der Waals surface area contributed by atoms with E-state index in [9.17, 15) is 4.79 Å². The van der Waals surface area contributed by atoms with E-state index in [0.717, 1.165) is 30.4 Å². The highest BCUT2D eigenvalue weighted by Gasteiger charge is 2.21. The maximum Gasteiger partial charge on any atom is 0.243 e. The summed E-state index contributed by atoms with van der Waals surface area (Å²) in [5.74, 6) is 0.367. The summed E-state index contributed by atoms with van der Waals surface area (Å²) < 4.78 is 0. The lowest BCUT2D eigenvalue weighted by Gasteiger charge is -2.25. The number of aromatic nitrogens is 1. The van der Waals surface area contributed by atoms with Crippen LogP contribution in [-0.4, -0.2) is 10.9 Å². The molecule has 2 aromatic carbocycles. The van der Waals surface area contributed by atoms with E-state index in [2.05, 4.69) is 34.7 Å². The van der Waals surface area contributed by atoms with Crippen molar-refractivity contribution in [3.63, 3.8) is 0 Å². The first kappa shape index (κ1) is 19.3. The SMILES string of the molecule is O=C(CCC1CCCc2ccccc21)NOC(c1ccccc1)c1cccnc1. The third kappa shape index (κ3) is 4.90. The van der Waals surface area contributed by atoms with E-state index in [-0.39, 0.29) is 12.0 Å². The van der Waals surface area contributed by atoms with Crippen LogP contribution in [0.2, 0.25) is 0 Å². The number of benzene rings is 2. The molecule has 1 aliphatic rings. The molecule has 4 heteroatoms. The lowest BCUT2D eigenvalue weighted by molar-refractivity contribution is -0.137. The van der Waals surface area contributed by atoms with Crippen molar-refractivity contribution in [3.8, 4) is 0 Å². The van der Waals surface area contributed by atoms with E-state index in [0.29, 0.717) is 12.3 Å². The van der Waals surface area contributed by atoms with Crippen LogP contribution in [0.25, 0.3) is 0 Å². The predicted molar refractivity (Wildman–Crippen MR) is 113 cm³/mol. The van der Waals surface area contributed by atoms with Crippen molar-refractivity contribution in [2.45, 2.75) is 44.1 Å². The van der Waals surface area contributed by atoms with Crippen molar-refractivity contribution < 1.29 is 9.63 Å². The zero-order valence-electron chi connectivity index (χ0n) is 16.5. The molecule has 1 aliphatic carbocycles. The summed E-state index contributed by atoms with van der Waals surface area (Å²) in [5, 5.41) is 0. The molecule has 148 valence electrons. The average Bonchev–Trinajstić information content (AvgIpc) is 2.79. The molecule has 0 saturated heterocycles. The molecule has 1 aromatic heterocycles. The Morgan fingerprint density at radius 2 is 1.83 bits per heavy atom. The molecule has 3 aromatic rings. The molecule has 29 heavy (non-hydrogen) atoms. The summed E-state index contributed by atoms with van der Waals surface area (Å²) in [6.07, 6.45) is 7.89. The van der Waals surface area contributed by atoms with Gasteiger partial charge in [-0.15, -0.1) is 0 Å². The minimum atomic E-state index is -0.385. The first-order valence-corrected chi connectivity index (χ1v) is 10.3. The van der Waals surface area contributed by atoms with Crippen LogP contribution in [0.1, 0.15) is 60.0 Å². The highest BCUT2D eigenvalue weighted by molar-refractivity contribution is 5.74. The summed E-state index contributed by atoms with van der Waals surface area (Å²) in [5.41, 5.74) is 7.39. The summed E-state index contributed by atoms with van der Waals surface area (Å²) in [7, 11) is 0. The van der Waals surface area contributed by atoms with Gasteiger partial charge in [-0.05, 0) is 54.4 Å². The quantitative estimate of drug-likeness (QED) is 0.574. The fraction of sp³-hybridized carbons (Fsp3) is 0.280. The number of rotatable bonds is 7. The van der Waals surface area contributed by atoms with Gasteiger partial charge in [-0.2, -0.15) is 0 Å². The Morgan fingerprint density at radius 3 is 2.66 bits per heavy atom. The molecule has 0 bridgehead atoms. The molecule has 1 amide bonds. The Hall–Kier alpha value is -2.98. The van der Waals surface area contributed by atoms with E-state index in [1.165, 1.54) is 17.5 Å². The molecular weight excluding hydrogens is 360 g/mol. The highest BCUT2D eigenvalue weighted by Crippen LogP contribution is 2.34. The molecule has 2 unspecified atom stereocenters. The monoisotopic (exact) mass is 386 g/mol. The molecular formula is C25H26N2O2. The number of nitrogens with zero attached hydrogens (tertiary/aromatic N) is 1. The van der Waals surface area contributed by atoms with Crippen molar-refractivity contribution >= 4 is 5.91 Å². The van der Waals surface area contributed by atoms with Crippen LogP contribution >= 0.6 is 0 Å². The van der Waals surface area contributed by atoms with Gasteiger partial charge < -0.3 is 0 Å². The van der Waals surface area contributed by atoms with Gasteiger partial charge in [0.1, 0.15) is 6.10 Å². The van der Waals surface area contributed by atoms with Gasteiger partial charge in [-0.3, -0.25) is 14.6 Å². The molecule has 0 fully saturated rings. The second-order valence-corrected chi connectivity index (χ2v) is 7.55. The molecule has 1 N–H and O–H groups in total. The maximum absolute atomic E-state index is 12.5. The second kappa shape index (κ2) is 9.48. The summed E-state index contributed by atoms with van der Waals surface area (Å²) >= 11 is 0. The van der Waals surface area contributed by atoms with E-state index < -0.39 is 0 Å². The molecule has 1 heterocycles. The smallest absolute Gasteiger partial charge is 0.243 e. The number of pyridine rings is 1. The van der Waals surface area contributed by atoms with Gasteiger partial charge in [-0.1, -0.05) is 60.7 Å². The average molecular weight is 386 g/mol. The Labute approximate surface area is 171 Å². The molecule has 2 atom stereocenters. The number of amides is 1. The molecule has 4 nitrogen and oxygen atoms in total. The van der Waals surface area contributed by atoms with Crippen molar-refractivity contribution in [2.24, 2.45) is 0 Å². The minimum absolute atomic E-state index is 0.0853. The van der Waals surface area contributed by atoms with Crippen LogP contribution in [0.15, 0.2) is 79.1 Å². The summed E-state index contributed by atoms with van der Waals surface area (Å²) in [4.78, 5) is 22.5. The maximum atomic E-state index is 12.5. The van der Waals surface area contributed by atoms with Crippen molar-refractivity contribution in [2.75, 3.05) is 0 Å². The lowest BCUT2D eigenvalue weighted by Crippen LogP contribution is -2.27. The Bertz CT molecular complexity index is 888. The van der Waals surface area contributed by atoms with Crippen molar-refractivity contribution in [3.05, 3.63) is 101 Å². The summed E-state index contributed by atoms with van der Waals surface area (Å²) in [6.45, 7) is 0. The fourth-order valence-electron chi connectivity index (χ4n) is 4.12. The van der Waals surface area contributed by atoms with E-state index in [1.54, 1.807) is 12.4 Å². The Balaban J connectivity index is 1.37. The van der Waals surface area contributed by atoms with Crippen molar-refractivity contribution in [1.29, 1.82) is 0 Å². The largest absolute Gasteiger partial charge is 0.273 e. The number of nitrogens with one attached hydrogen (secondary N) is 1. The Kier molecular flexibility index (Phi) is 6.32. The second-order valence-electron chi connectivity index (χ2n) is 7.55. The lowest BCUT2D eigenvalue weighted by atomic mass is 9.80. The topological polar surface area (TPSA) is 51.2 Å². The number of carbonyl (C=O) groups excluding carboxylic acids is 1. The molecule has 4 rings (SSSR count).